The second kappa shape index (κ2) is 67.0. The second-order valence-electron chi connectivity index (χ2n) is 30.6. The number of hydrogen-bond donors (Lipinski definition) is 0. The van der Waals surface area contributed by atoms with Crippen molar-refractivity contribution in [2.24, 2.45) is 0 Å². The molecule has 3 rings (SSSR count). The number of aryl methyl sites for hydroxylation is 4. The summed E-state index contributed by atoms with van der Waals surface area (Å²) in [5, 5.41) is 2.78. The molecule has 1 aliphatic heterocycles. The van der Waals surface area contributed by atoms with Gasteiger partial charge in [-0.25, -0.2) is 4.70 Å². The molecule has 97 heavy (non-hydrogen) atoms. The molecule has 0 amide bonds. The van der Waals surface area contributed by atoms with Crippen LogP contribution in [-0.2, 0) is 53.0 Å². The van der Waals surface area contributed by atoms with Crippen molar-refractivity contribution in [3.05, 3.63) is 97.6 Å². The van der Waals surface area contributed by atoms with E-state index >= 15 is 0 Å². The molecule has 0 aromatic heterocycles. The molecule has 0 aliphatic carbocycles. The summed E-state index contributed by atoms with van der Waals surface area (Å²) in [4.78, 5) is 0. The Bertz CT molecular complexity index is 2150. The second-order valence-corrected chi connectivity index (χ2v) is 32.1. The quantitative estimate of drug-likeness (QED) is 0.0358. The van der Waals surface area contributed by atoms with Gasteiger partial charge in [-0.3, -0.25) is 0 Å². The molecule has 2 nitrogen and oxygen atoms in total. The number of nitrogens with zero attached hydrogens (tertiary/aromatic N) is 2. The summed E-state index contributed by atoms with van der Waals surface area (Å²) in [6.07, 6.45) is 89.8. The van der Waals surface area contributed by atoms with Gasteiger partial charge in [0.15, 0.2) is 0 Å². The Hall–Kier alpha value is -2.25. The van der Waals surface area contributed by atoms with Crippen molar-refractivity contribution >= 4 is 11.4 Å². The standard InChI is InChI=1S/C86H150N2.2C4H9.Ni/c1-9-17-25-32-35-36-37-38-39-40-41-42-43-44-45-46-47-48-49-50-51-54-62-70-84-83(69-55-24-16-8)85(79-71-75(63-56-28-20-12-4)81(67-60-52-33-26-18-10-2)76(72-79)64-57-29-21-13-5)88(87)86(84)80-73-77(65-58-30-22-14-6)82(68-61-53-34-27-19-11-3)78(74-80)66-59-31-23-15-7;2*1-3-4-2;/h62,70-74H,9-61,63-69H2,1-8H3;2*1,3-4H2,2H3;. The predicted molar refractivity (Wildman–Crippen MR) is 436 cm³/mol. The minimum atomic E-state index is 1.00. The van der Waals surface area contributed by atoms with Crippen molar-refractivity contribution in [2.75, 3.05) is 0 Å². The number of hydrogen-bond acceptors (Lipinski definition) is 0. The van der Waals surface area contributed by atoms with Crippen LogP contribution >= 0.6 is 0 Å². The van der Waals surface area contributed by atoms with E-state index in [2.05, 4.69) is 106 Å². The van der Waals surface area contributed by atoms with E-state index in [0.717, 1.165) is 56.3 Å². The van der Waals surface area contributed by atoms with E-state index in [1.165, 1.54) is 399 Å². The molecule has 564 valence electrons. The Balaban J connectivity index is 0.00000330. The topological polar surface area (TPSA) is 25.3 Å². The van der Waals surface area contributed by atoms with Crippen molar-refractivity contribution in [1.29, 1.82) is 0 Å². The Labute approximate surface area is 615 Å². The van der Waals surface area contributed by atoms with Crippen LogP contribution in [0.1, 0.15) is 486 Å². The Morgan fingerprint density at radius 3 is 0.814 bits per heavy atom. The van der Waals surface area contributed by atoms with E-state index in [9.17, 15) is 5.53 Å². The van der Waals surface area contributed by atoms with Crippen molar-refractivity contribution in [1.82, 2.24) is 0 Å². The van der Waals surface area contributed by atoms with Gasteiger partial charge >= 0.3 is 64.8 Å². The molecule has 0 spiro atoms. The molecule has 0 fully saturated rings. The van der Waals surface area contributed by atoms with E-state index < -0.39 is 0 Å². The summed E-state index contributed by atoms with van der Waals surface area (Å²) in [6, 6.07) is 10.5. The Morgan fingerprint density at radius 2 is 0.505 bits per heavy atom. The van der Waals surface area contributed by atoms with Crippen molar-refractivity contribution in [2.45, 2.75) is 491 Å². The first-order valence-electron chi connectivity index (χ1n) is 44.2. The molecule has 1 heterocycles. The van der Waals surface area contributed by atoms with Gasteiger partial charge in [0.05, 0.1) is 5.57 Å². The molecule has 0 atom stereocenters. The molecule has 0 saturated heterocycles. The van der Waals surface area contributed by atoms with E-state index in [1.807, 2.05) is 14.4 Å². The first kappa shape index (κ1) is 90.8. The Morgan fingerprint density at radius 1 is 0.268 bits per heavy atom. The molecular formula is C94H168N2Ni. The van der Waals surface area contributed by atoms with Crippen LogP contribution in [0.25, 0.3) is 16.9 Å². The number of rotatable bonds is 69. The summed E-state index contributed by atoms with van der Waals surface area (Å²) in [7, 11) is 0. The zero-order valence-electron chi connectivity index (χ0n) is 67.3. The summed E-state index contributed by atoms with van der Waals surface area (Å²) in [5.41, 5.74) is 30.7. The summed E-state index contributed by atoms with van der Waals surface area (Å²) < 4.78 is 1.79. The molecule has 0 N–H and O–H groups in total. The number of benzene rings is 2. The van der Waals surface area contributed by atoms with Crippen LogP contribution in [0, 0.1) is 0 Å². The third-order valence-electron chi connectivity index (χ3n) is 21.4. The van der Waals surface area contributed by atoms with Gasteiger partial charge in [0.25, 0.3) is 0 Å². The van der Waals surface area contributed by atoms with Gasteiger partial charge in [-0.2, -0.15) is 0 Å². The van der Waals surface area contributed by atoms with Gasteiger partial charge in [0, 0.05) is 16.7 Å². The van der Waals surface area contributed by atoms with Gasteiger partial charge < -0.3 is 5.53 Å². The third kappa shape index (κ3) is 44.1. The Kier molecular flexibility index (Phi) is 62.7. The van der Waals surface area contributed by atoms with Gasteiger partial charge in [0.2, 0.25) is 11.4 Å². The van der Waals surface area contributed by atoms with Crippen LogP contribution in [0.5, 0.6) is 0 Å². The normalized spacial score (nSPS) is 12.7. The molecule has 1 aliphatic rings. The van der Waals surface area contributed by atoms with Crippen LogP contribution in [-0.4, -0.2) is 4.70 Å². The zero-order valence-corrected chi connectivity index (χ0v) is 68.3. The van der Waals surface area contributed by atoms with Crippen LogP contribution in [0.4, 0.5) is 0 Å². The molecule has 2 aromatic rings. The molecule has 0 radical (unpaired) electrons. The summed E-state index contributed by atoms with van der Waals surface area (Å²) in [6.45, 7) is 23.3. The predicted octanol–water partition coefficient (Wildman–Crippen LogP) is 33.4. The number of unbranched alkanes of at least 4 members (excludes halogenated alkanes) is 47. The fourth-order valence-corrected chi connectivity index (χ4v) is 16.5. The third-order valence-corrected chi connectivity index (χ3v) is 22.8. The fraction of sp³-hybridized carbons (Fsp3) is 0.809. The SMILES string of the molecule is CCCCCCCCCCCCCCCCCCCCCCCC=CC1=C(c2cc(CCCCCC)c(CCCCCCCC)c(CCCCCC)c2)[N+](=[N-])C(c2cc(CCCCCC)c(CCCCCCCC)c(CCCCCC)c2)=C1CCCCC.CCC[CH2][Ni][CH2]CCC. The molecular weight excluding hydrogens is 1220 g/mol. The van der Waals surface area contributed by atoms with Gasteiger partial charge in [-0.15, -0.1) is 0 Å². The molecule has 0 unspecified atom stereocenters. The minimum absolute atomic E-state index is 1.00. The molecule has 0 bridgehead atoms. The average Bonchev–Trinajstić information content (AvgIpc) is 1.61. The molecule has 0 saturated carbocycles. The van der Waals surface area contributed by atoms with Crippen molar-refractivity contribution in [3.8, 4) is 0 Å². The molecule has 3 heteroatoms. The monoisotopic (exact) mass is 1380 g/mol. The number of allylic oxidation sites excluding steroid dienone is 4. The van der Waals surface area contributed by atoms with Gasteiger partial charge in [-0.1, -0.05) is 350 Å². The van der Waals surface area contributed by atoms with E-state index in [1.54, 1.807) is 38.1 Å². The van der Waals surface area contributed by atoms with Crippen molar-refractivity contribution < 1.29 is 19.1 Å². The van der Waals surface area contributed by atoms with E-state index in [0.29, 0.717) is 0 Å². The van der Waals surface area contributed by atoms with E-state index in [-0.39, 0.29) is 0 Å². The zero-order chi connectivity index (χ0) is 70.1. The maximum absolute atomic E-state index is 13.6. The summed E-state index contributed by atoms with van der Waals surface area (Å²) >= 11 is 1.94. The van der Waals surface area contributed by atoms with Gasteiger partial charge in [0.1, 0.15) is 0 Å². The van der Waals surface area contributed by atoms with Crippen LogP contribution in [0.2, 0.25) is 10.8 Å². The summed E-state index contributed by atoms with van der Waals surface area (Å²) in [5.74, 6) is 0. The average molecular weight is 1390 g/mol. The van der Waals surface area contributed by atoms with Crippen LogP contribution < -0.4 is 0 Å². The first-order valence-corrected chi connectivity index (χ1v) is 45.6. The van der Waals surface area contributed by atoms with Gasteiger partial charge in [-0.05, 0) is 160 Å². The fourth-order valence-electron chi connectivity index (χ4n) is 15.1. The maximum atomic E-state index is 13.6. The van der Waals surface area contributed by atoms with Crippen LogP contribution in [0.15, 0.2) is 47.6 Å². The van der Waals surface area contributed by atoms with Crippen molar-refractivity contribution in [3.63, 3.8) is 0 Å². The van der Waals surface area contributed by atoms with Crippen LogP contribution in [0.3, 0.4) is 0 Å². The first-order chi connectivity index (χ1) is 47.8. The van der Waals surface area contributed by atoms with E-state index in [4.69, 9.17) is 0 Å². The molecule has 2 aromatic carbocycles.